The lowest BCUT2D eigenvalue weighted by atomic mass is 10.0. The molecule has 0 aliphatic carbocycles. The number of likely N-dealkylation sites (tertiary alicyclic amines) is 1. The Labute approximate surface area is 122 Å². The Kier molecular flexibility index (Phi) is 3.38. The van der Waals surface area contributed by atoms with E-state index < -0.39 is 0 Å². The molecule has 0 radical (unpaired) electrons. The average Bonchev–Trinajstić information content (AvgIpc) is 3.10. The van der Waals surface area contributed by atoms with Gasteiger partial charge >= 0.3 is 0 Å². The van der Waals surface area contributed by atoms with Gasteiger partial charge in [0, 0.05) is 17.0 Å². The number of aromatic nitrogens is 1. The van der Waals surface area contributed by atoms with Crippen molar-refractivity contribution in [3.8, 4) is 0 Å². The topological polar surface area (TPSA) is 46.3 Å². The van der Waals surface area contributed by atoms with Crippen LogP contribution in [0.1, 0.15) is 50.4 Å². The second-order valence-electron chi connectivity index (χ2n) is 5.30. The standard InChI is InChI=1S/C15H18N2O2S/c1-9-6-7-13(20-9)15(18)17-8-4-5-12(17)14-10(2)16-19-11(14)3/h6-7,12H,4-5,8H2,1-3H3. The van der Waals surface area contributed by atoms with Crippen LogP contribution in [0.2, 0.25) is 0 Å². The molecule has 20 heavy (non-hydrogen) atoms. The fourth-order valence-corrected chi connectivity index (χ4v) is 3.79. The van der Waals surface area contributed by atoms with Crippen LogP contribution in [0.5, 0.6) is 0 Å². The number of thiophene rings is 1. The minimum absolute atomic E-state index is 0.108. The predicted octanol–water partition coefficient (Wildman–Crippen LogP) is 3.64. The monoisotopic (exact) mass is 290 g/mol. The summed E-state index contributed by atoms with van der Waals surface area (Å²) in [6.45, 7) is 6.70. The van der Waals surface area contributed by atoms with Crippen molar-refractivity contribution in [2.75, 3.05) is 6.54 Å². The Balaban J connectivity index is 1.91. The van der Waals surface area contributed by atoms with Crippen molar-refractivity contribution in [1.29, 1.82) is 0 Å². The Hall–Kier alpha value is -1.62. The van der Waals surface area contributed by atoms with E-state index in [2.05, 4.69) is 5.16 Å². The molecule has 2 aromatic rings. The van der Waals surface area contributed by atoms with Crippen LogP contribution in [-0.4, -0.2) is 22.5 Å². The van der Waals surface area contributed by atoms with Crippen molar-refractivity contribution in [3.05, 3.63) is 38.9 Å². The van der Waals surface area contributed by atoms with Crippen molar-refractivity contribution in [3.63, 3.8) is 0 Å². The van der Waals surface area contributed by atoms with Gasteiger partial charge in [0.15, 0.2) is 0 Å². The first-order valence-corrected chi connectivity index (χ1v) is 7.69. The molecular weight excluding hydrogens is 272 g/mol. The van der Waals surface area contributed by atoms with E-state index >= 15 is 0 Å². The van der Waals surface area contributed by atoms with Gasteiger partial charge in [-0.1, -0.05) is 5.16 Å². The zero-order chi connectivity index (χ0) is 14.3. The number of carbonyl (C=O) groups excluding carboxylic acids is 1. The van der Waals surface area contributed by atoms with E-state index in [0.29, 0.717) is 0 Å². The summed E-state index contributed by atoms with van der Waals surface area (Å²) < 4.78 is 5.26. The smallest absolute Gasteiger partial charge is 0.264 e. The van der Waals surface area contributed by atoms with Crippen LogP contribution in [0.3, 0.4) is 0 Å². The van der Waals surface area contributed by atoms with Crippen LogP contribution in [0.4, 0.5) is 0 Å². The Morgan fingerprint density at radius 3 is 2.80 bits per heavy atom. The third kappa shape index (κ3) is 2.16. The van der Waals surface area contributed by atoms with Gasteiger partial charge in [-0.3, -0.25) is 4.79 Å². The molecule has 5 heteroatoms. The number of nitrogens with zero attached hydrogens (tertiary/aromatic N) is 2. The first kappa shape index (κ1) is 13.4. The lowest BCUT2D eigenvalue weighted by Crippen LogP contribution is -2.30. The first-order valence-electron chi connectivity index (χ1n) is 6.88. The maximum atomic E-state index is 12.7. The predicted molar refractivity (Wildman–Crippen MR) is 78.0 cm³/mol. The van der Waals surface area contributed by atoms with Gasteiger partial charge in [-0.2, -0.15) is 0 Å². The van der Waals surface area contributed by atoms with Crippen molar-refractivity contribution in [1.82, 2.24) is 10.1 Å². The highest BCUT2D eigenvalue weighted by atomic mass is 32.1. The second kappa shape index (κ2) is 5.05. The molecule has 1 unspecified atom stereocenters. The van der Waals surface area contributed by atoms with Crippen molar-refractivity contribution >= 4 is 17.2 Å². The van der Waals surface area contributed by atoms with Crippen LogP contribution in [0.15, 0.2) is 16.7 Å². The van der Waals surface area contributed by atoms with Crippen molar-refractivity contribution in [2.24, 2.45) is 0 Å². The molecule has 1 amide bonds. The molecular formula is C15H18N2O2S. The fourth-order valence-electron chi connectivity index (χ4n) is 2.97. The number of hydrogen-bond acceptors (Lipinski definition) is 4. The Bertz CT molecular complexity index is 625. The highest BCUT2D eigenvalue weighted by Crippen LogP contribution is 2.37. The van der Waals surface area contributed by atoms with Gasteiger partial charge in [0.1, 0.15) is 5.76 Å². The third-order valence-electron chi connectivity index (χ3n) is 3.89. The maximum absolute atomic E-state index is 12.7. The third-order valence-corrected chi connectivity index (χ3v) is 4.88. The van der Waals surface area contributed by atoms with Crippen molar-refractivity contribution in [2.45, 2.75) is 39.7 Å². The Morgan fingerprint density at radius 2 is 2.20 bits per heavy atom. The van der Waals surface area contributed by atoms with Crippen LogP contribution in [0, 0.1) is 20.8 Å². The average molecular weight is 290 g/mol. The van der Waals surface area contributed by atoms with Crippen LogP contribution in [-0.2, 0) is 0 Å². The molecule has 0 bridgehead atoms. The lowest BCUT2D eigenvalue weighted by Gasteiger charge is -2.24. The summed E-state index contributed by atoms with van der Waals surface area (Å²) in [4.78, 5) is 16.6. The summed E-state index contributed by atoms with van der Waals surface area (Å²) in [7, 11) is 0. The van der Waals surface area contributed by atoms with E-state index in [-0.39, 0.29) is 11.9 Å². The summed E-state index contributed by atoms with van der Waals surface area (Å²) in [6.07, 6.45) is 2.02. The van der Waals surface area contributed by atoms with Gasteiger partial charge in [0.25, 0.3) is 5.91 Å². The molecule has 1 aliphatic heterocycles. The normalized spacial score (nSPS) is 18.8. The summed E-state index contributed by atoms with van der Waals surface area (Å²) >= 11 is 1.56. The maximum Gasteiger partial charge on any atom is 0.264 e. The molecule has 0 saturated carbocycles. The largest absolute Gasteiger partial charge is 0.361 e. The molecule has 0 spiro atoms. The highest BCUT2D eigenvalue weighted by molar-refractivity contribution is 7.13. The zero-order valence-corrected chi connectivity index (χ0v) is 12.8. The molecule has 1 atom stereocenters. The molecule has 0 N–H and O–H groups in total. The fraction of sp³-hybridized carbons (Fsp3) is 0.467. The molecule has 1 aliphatic rings. The molecule has 0 aromatic carbocycles. The number of rotatable bonds is 2. The molecule has 1 saturated heterocycles. The molecule has 2 aromatic heterocycles. The quantitative estimate of drug-likeness (QED) is 0.848. The summed E-state index contributed by atoms with van der Waals surface area (Å²) in [5.41, 5.74) is 1.98. The van der Waals surface area contributed by atoms with Gasteiger partial charge in [-0.25, -0.2) is 0 Å². The van der Waals surface area contributed by atoms with E-state index in [4.69, 9.17) is 4.52 Å². The number of aryl methyl sites for hydroxylation is 3. The van der Waals surface area contributed by atoms with Gasteiger partial charge in [-0.15, -0.1) is 11.3 Å². The van der Waals surface area contributed by atoms with E-state index in [9.17, 15) is 4.79 Å². The van der Waals surface area contributed by atoms with Crippen molar-refractivity contribution < 1.29 is 9.32 Å². The number of carbonyl (C=O) groups is 1. The van der Waals surface area contributed by atoms with Gasteiger partial charge in [-0.05, 0) is 45.7 Å². The van der Waals surface area contributed by atoms with Crippen LogP contribution < -0.4 is 0 Å². The molecule has 3 rings (SSSR count). The van der Waals surface area contributed by atoms with Gasteiger partial charge in [0.05, 0.1) is 16.6 Å². The minimum atomic E-state index is 0.108. The molecule has 106 valence electrons. The van der Waals surface area contributed by atoms with E-state index in [1.165, 1.54) is 4.88 Å². The van der Waals surface area contributed by atoms with Crippen LogP contribution >= 0.6 is 11.3 Å². The molecule has 1 fully saturated rings. The number of hydrogen-bond donors (Lipinski definition) is 0. The molecule has 4 nitrogen and oxygen atoms in total. The van der Waals surface area contributed by atoms with E-state index in [1.54, 1.807) is 11.3 Å². The van der Waals surface area contributed by atoms with Gasteiger partial charge < -0.3 is 9.42 Å². The minimum Gasteiger partial charge on any atom is -0.361 e. The SMILES string of the molecule is Cc1ccc(C(=O)N2CCCC2c2c(C)noc2C)s1. The molecule has 3 heterocycles. The first-order chi connectivity index (χ1) is 9.58. The lowest BCUT2D eigenvalue weighted by molar-refractivity contribution is 0.0739. The van der Waals surface area contributed by atoms with Gasteiger partial charge in [0.2, 0.25) is 0 Å². The second-order valence-corrected chi connectivity index (χ2v) is 6.59. The van der Waals surface area contributed by atoms with E-state index in [1.807, 2.05) is 37.8 Å². The Morgan fingerprint density at radius 1 is 1.40 bits per heavy atom. The zero-order valence-electron chi connectivity index (χ0n) is 12.0. The summed E-state index contributed by atoms with van der Waals surface area (Å²) in [5, 5.41) is 4.02. The van der Waals surface area contributed by atoms with Crippen LogP contribution in [0.25, 0.3) is 0 Å². The number of amides is 1. The summed E-state index contributed by atoms with van der Waals surface area (Å²) in [6, 6.07) is 4.03. The highest BCUT2D eigenvalue weighted by Gasteiger charge is 2.34. The van der Waals surface area contributed by atoms with E-state index in [0.717, 1.165) is 41.3 Å². The summed E-state index contributed by atoms with van der Waals surface area (Å²) in [5.74, 6) is 0.958.